The summed E-state index contributed by atoms with van der Waals surface area (Å²) in [5, 5.41) is 7.62. The lowest BCUT2D eigenvalue weighted by atomic mass is 10.0. The van der Waals surface area contributed by atoms with Gasteiger partial charge in [0, 0.05) is 28.1 Å². The lowest BCUT2D eigenvalue weighted by molar-refractivity contribution is 0.415. The molecular weight excluding hydrogens is 350 g/mol. The molecule has 140 valence electrons. The molecule has 5 heteroatoms. The van der Waals surface area contributed by atoms with E-state index in [0.717, 1.165) is 50.1 Å². The highest BCUT2D eigenvalue weighted by Crippen LogP contribution is 2.28. The summed E-state index contributed by atoms with van der Waals surface area (Å²) in [4.78, 5) is 4.59. The van der Waals surface area contributed by atoms with Crippen molar-refractivity contribution in [3.05, 3.63) is 71.9 Å². The predicted octanol–water partition coefficient (Wildman–Crippen LogP) is 5.16. The Morgan fingerprint density at radius 1 is 0.893 bits per heavy atom. The van der Waals surface area contributed by atoms with E-state index in [1.54, 1.807) is 14.2 Å². The molecule has 0 amide bonds. The van der Waals surface area contributed by atoms with Crippen molar-refractivity contribution in [2.45, 2.75) is 6.92 Å². The number of ether oxygens (including phenoxy) is 2. The van der Waals surface area contributed by atoms with Crippen molar-refractivity contribution in [3.63, 3.8) is 0 Å². The summed E-state index contributed by atoms with van der Waals surface area (Å²) in [6.45, 7) is 1.96. The third kappa shape index (κ3) is 3.34. The summed E-state index contributed by atoms with van der Waals surface area (Å²) in [5.74, 6) is 1.63. The second-order valence-electron chi connectivity index (χ2n) is 6.47. The van der Waals surface area contributed by atoms with Crippen molar-refractivity contribution in [1.82, 2.24) is 4.98 Å². The van der Waals surface area contributed by atoms with Gasteiger partial charge in [-0.3, -0.25) is 10.4 Å². The Labute approximate surface area is 163 Å². The largest absolute Gasteiger partial charge is 0.497 e. The SMILES string of the molecule is COc1ccc2c(NN=Cc3ccc(OC)c4ccccc34)cc(C)nc2c1. The van der Waals surface area contributed by atoms with Crippen LogP contribution in [0.4, 0.5) is 5.69 Å². The predicted molar refractivity (Wildman–Crippen MR) is 115 cm³/mol. The molecule has 3 aromatic carbocycles. The Morgan fingerprint density at radius 3 is 2.50 bits per heavy atom. The molecular formula is C23H21N3O2. The summed E-state index contributed by atoms with van der Waals surface area (Å²) in [6, 6.07) is 19.9. The number of nitrogens with one attached hydrogen (secondary N) is 1. The first kappa shape index (κ1) is 17.8. The number of rotatable bonds is 5. The van der Waals surface area contributed by atoms with Crippen LogP contribution in [0.25, 0.3) is 21.7 Å². The molecule has 4 rings (SSSR count). The molecule has 5 nitrogen and oxygen atoms in total. The van der Waals surface area contributed by atoms with Crippen LogP contribution in [0.2, 0.25) is 0 Å². The molecule has 28 heavy (non-hydrogen) atoms. The van der Waals surface area contributed by atoms with Gasteiger partial charge >= 0.3 is 0 Å². The molecule has 0 saturated carbocycles. The van der Waals surface area contributed by atoms with E-state index in [9.17, 15) is 0 Å². The number of fused-ring (bicyclic) bond motifs is 2. The first-order chi connectivity index (χ1) is 13.7. The van der Waals surface area contributed by atoms with E-state index in [2.05, 4.69) is 21.6 Å². The zero-order chi connectivity index (χ0) is 19.5. The molecule has 4 aromatic rings. The van der Waals surface area contributed by atoms with Gasteiger partial charge in [0.25, 0.3) is 0 Å². The minimum atomic E-state index is 0.782. The lowest BCUT2D eigenvalue weighted by Crippen LogP contribution is -1.96. The highest BCUT2D eigenvalue weighted by atomic mass is 16.5. The van der Waals surface area contributed by atoms with Crippen molar-refractivity contribution in [2.24, 2.45) is 5.10 Å². The second kappa shape index (κ2) is 7.56. The van der Waals surface area contributed by atoms with Gasteiger partial charge in [0.1, 0.15) is 11.5 Å². The van der Waals surface area contributed by atoms with Gasteiger partial charge in [-0.25, -0.2) is 0 Å². The van der Waals surface area contributed by atoms with Gasteiger partial charge in [0.05, 0.1) is 31.6 Å². The summed E-state index contributed by atoms with van der Waals surface area (Å²) in [6.07, 6.45) is 1.83. The van der Waals surface area contributed by atoms with Crippen molar-refractivity contribution in [2.75, 3.05) is 19.6 Å². The molecule has 0 bridgehead atoms. The molecule has 0 spiro atoms. The van der Waals surface area contributed by atoms with Crippen LogP contribution in [0.5, 0.6) is 11.5 Å². The van der Waals surface area contributed by atoms with Crippen LogP contribution in [-0.2, 0) is 0 Å². The van der Waals surface area contributed by atoms with E-state index < -0.39 is 0 Å². The maximum absolute atomic E-state index is 5.46. The first-order valence-corrected chi connectivity index (χ1v) is 9.00. The summed E-state index contributed by atoms with van der Waals surface area (Å²) in [5.41, 5.74) is 6.86. The van der Waals surface area contributed by atoms with E-state index in [4.69, 9.17) is 9.47 Å². The highest BCUT2D eigenvalue weighted by molar-refractivity contribution is 6.02. The summed E-state index contributed by atoms with van der Waals surface area (Å²) < 4.78 is 10.8. The van der Waals surface area contributed by atoms with Gasteiger partial charge in [-0.1, -0.05) is 24.3 Å². The zero-order valence-corrected chi connectivity index (χ0v) is 16.1. The van der Waals surface area contributed by atoms with E-state index in [1.165, 1.54) is 0 Å². The number of methoxy groups -OCH3 is 2. The minimum Gasteiger partial charge on any atom is -0.497 e. The zero-order valence-electron chi connectivity index (χ0n) is 16.1. The number of pyridine rings is 1. The fourth-order valence-corrected chi connectivity index (χ4v) is 3.32. The number of hydrogen-bond donors (Lipinski definition) is 1. The van der Waals surface area contributed by atoms with Crippen LogP contribution in [-0.4, -0.2) is 25.4 Å². The number of benzene rings is 3. The summed E-state index contributed by atoms with van der Waals surface area (Å²) in [7, 11) is 3.34. The van der Waals surface area contributed by atoms with Gasteiger partial charge < -0.3 is 9.47 Å². The highest BCUT2D eigenvalue weighted by Gasteiger charge is 2.06. The average Bonchev–Trinajstić information content (AvgIpc) is 2.73. The van der Waals surface area contributed by atoms with Crippen LogP contribution in [0.15, 0.2) is 65.8 Å². The third-order valence-electron chi connectivity index (χ3n) is 4.67. The Kier molecular flexibility index (Phi) is 4.81. The topological polar surface area (TPSA) is 55.7 Å². The van der Waals surface area contributed by atoms with Gasteiger partial charge in [-0.05, 0) is 42.6 Å². The standard InChI is InChI=1S/C23H21N3O2/c1-15-12-22(20-10-9-17(27-2)13-21(20)25-15)26-24-14-16-8-11-23(28-3)19-7-5-4-6-18(16)19/h4-14H,1-3H3,(H,25,26). The molecule has 0 aliphatic carbocycles. The number of hydrogen-bond acceptors (Lipinski definition) is 5. The quantitative estimate of drug-likeness (QED) is 0.389. The van der Waals surface area contributed by atoms with Crippen molar-refractivity contribution in [3.8, 4) is 11.5 Å². The number of aromatic nitrogens is 1. The molecule has 0 aliphatic heterocycles. The number of nitrogens with zero attached hydrogens (tertiary/aromatic N) is 2. The Hall–Kier alpha value is -3.60. The summed E-state index contributed by atoms with van der Waals surface area (Å²) >= 11 is 0. The normalized spacial score (nSPS) is 11.2. The molecule has 0 atom stereocenters. The molecule has 0 fully saturated rings. The third-order valence-corrected chi connectivity index (χ3v) is 4.67. The molecule has 0 radical (unpaired) electrons. The van der Waals surface area contributed by atoms with E-state index in [0.29, 0.717) is 0 Å². The Bertz CT molecular complexity index is 1190. The van der Waals surface area contributed by atoms with E-state index in [1.807, 2.05) is 67.7 Å². The monoisotopic (exact) mass is 371 g/mol. The second-order valence-corrected chi connectivity index (χ2v) is 6.47. The Balaban J connectivity index is 1.68. The Morgan fingerprint density at radius 2 is 1.71 bits per heavy atom. The molecule has 1 N–H and O–H groups in total. The fourth-order valence-electron chi connectivity index (χ4n) is 3.32. The van der Waals surface area contributed by atoms with Gasteiger partial charge in [-0.2, -0.15) is 5.10 Å². The van der Waals surface area contributed by atoms with Crippen molar-refractivity contribution in [1.29, 1.82) is 0 Å². The lowest BCUT2D eigenvalue weighted by Gasteiger charge is -2.09. The van der Waals surface area contributed by atoms with Gasteiger partial charge in [0.15, 0.2) is 0 Å². The molecule has 0 unspecified atom stereocenters. The van der Waals surface area contributed by atoms with Gasteiger partial charge in [-0.15, -0.1) is 0 Å². The van der Waals surface area contributed by atoms with Crippen LogP contribution in [0.1, 0.15) is 11.3 Å². The number of anilines is 1. The molecule has 1 heterocycles. The maximum Gasteiger partial charge on any atom is 0.126 e. The average molecular weight is 371 g/mol. The van der Waals surface area contributed by atoms with Gasteiger partial charge in [0.2, 0.25) is 0 Å². The number of aryl methyl sites for hydroxylation is 1. The van der Waals surface area contributed by atoms with E-state index >= 15 is 0 Å². The molecule has 0 aliphatic rings. The van der Waals surface area contributed by atoms with Crippen LogP contribution >= 0.6 is 0 Å². The van der Waals surface area contributed by atoms with Crippen LogP contribution in [0.3, 0.4) is 0 Å². The molecule has 1 aromatic heterocycles. The van der Waals surface area contributed by atoms with Crippen molar-refractivity contribution < 1.29 is 9.47 Å². The minimum absolute atomic E-state index is 0.782. The number of hydrazone groups is 1. The fraction of sp³-hybridized carbons (Fsp3) is 0.130. The maximum atomic E-state index is 5.46. The van der Waals surface area contributed by atoms with Crippen molar-refractivity contribution >= 4 is 33.6 Å². The van der Waals surface area contributed by atoms with Crippen LogP contribution in [0, 0.1) is 6.92 Å². The molecule has 0 saturated heterocycles. The first-order valence-electron chi connectivity index (χ1n) is 9.00. The smallest absolute Gasteiger partial charge is 0.126 e. The van der Waals surface area contributed by atoms with Crippen LogP contribution < -0.4 is 14.9 Å². The van der Waals surface area contributed by atoms with E-state index in [-0.39, 0.29) is 0 Å².